The van der Waals surface area contributed by atoms with Crippen LogP contribution >= 0.6 is 0 Å². The van der Waals surface area contributed by atoms with Crippen LogP contribution in [0.25, 0.3) is 0 Å². The van der Waals surface area contributed by atoms with E-state index in [9.17, 15) is 0 Å². The molecule has 2 atom stereocenters. The quantitative estimate of drug-likeness (QED) is 0.118. The molecule has 0 saturated heterocycles. The minimum atomic E-state index is 0.591. The average Bonchev–Trinajstić information content (AvgIpc) is 3.35. The van der Waals surface area contributed by atoms with Crippen LogP contribution < -0.4 is 0 Å². The summed E-state index contributed by atoms with van der Waals surface area (Å²) in [4.78, 5) is 4.88. The van der Waals surface area contributed by atoms with Gasteiger partial charge in [-0.1, -0.05) is 156 Å². The molecule has 2 unspecified atom stereocenters. The van der Waals surface area contributed by atoms with Crippen molar-refractivity contribution in [1.82, 2.24) is 9.55 Å². The van der Waals surface area contributed by atoms with Gasteiger partial charge in [-0.2, -0.15) is 0 Å². The van der Waals surface area contributed by atoms with Gasteiger partial charge in [-0.05, 0) is 26.2 Å². The Bertz CT molecular complexity index is 549. The van der Waals surface area contributed by atoms with E-state index in [0.29, 0.717) is 12.0 Å². The van der Waals surface area contributed by atoms with Crippen LogP contribution in [0.2, 0.25) is 0 Å². The summed E-state index contributed by atoms with van der Waals surface area (Å²) in [6, 6.07) is 0.591. The molecule has 0 amide bonds. The predicted octanol–water partition coefficient (Wildman–Crippen LogP) is 11.9. The molecule has 2 heteroatoms. The van der Waals surface area contributed by atoms with E-state index < -0.39 is 0 Å². The molecular formula is C33H64N2. The molecule has 0 saturated carbocycles. The van der Waals surface area contributed by atoms with E-state index >= 15 is 0 Å². The second-order valence-corrected chi connectivity index (χ2v) is 11.5. The van der Waals surface area contributed by atoms with E-state index in [2.05, 4.69) is 44.7 Å². The van der Waals surface area contributed by atoms with Gasteiger partial charge in [0, 0.05) is 24.4 Å². The van der Waals surface area contributed by atoms with Gasteiger partial charge in [0.15, 0.2) is 0 Å². The third-order valence-corrected chi connectivity index (χ3v) is 8.06. The van der Waals surface area contributed by atoms with Crippen LogP contribution in [0.4, 0.5) is 0 Å². The van der Waals surface area contributed by atoms with E-state index in [1.54, 1.807) is 0 Å². The second-order valence-electron chi connectivity index (χ2n) is 11.5. The maximum Gasteiger partial charge on any atom is 0.111 e. The Balaban J connectivity index is 2.24. The highest BCUT2D eigenvalue weighted by molar-refractivity contribution is 5.02. The molecule has 0 spiro atoms. The molecule has 0 N–H and O–H groups in total. The molecule has 2 nitrogen and oxygen atoms in total. The van der Waals surface area contributed by atoms with Gasteiger partial charge in [-0.15, -0.1) is 0 Å². The number of rotatable bonds is 26. The summed E-state index contributed by atoms with van der Waals surface area (Å²) >= 11 is 0. The number of hydrogen-bond acceptors (Lipinski definition) is 1. The van der Waals surface area contributed by atoms with Crippen LogP contribution in [-0.4, -0.2) is 9.55 Å². The molecule has 0 aliphatic carbocycles. The molecule has 35 heavy (non-hydrogen) atoms. The van der Waals surface area contributed by atoms with Crippen molar-refractivity contribution in [3.8, 4) is 0 Å². The smallest absolute Gasteiger partial charge is 0.111 e. The summed E-state index contributed by atoms with van der Waals surface area (Å²) < 4.78 is 2.53. The maximum absolute atomic E-state index is 4.88. The Morgan fingerprint density at radius 3 is 1.43 bits per heavy atom. The zero-order valence-electron chi connectivity index (χ0n) is 24.7. The Morgan fingerprint density at radius 1 is 0.543 bits per heavy atom. The van der Waals surface area contributed by atoms with Crippen LogP contribution in [0.15, 0.2) is 12.4 Å². The summed E-state index contributed by atoms with van der Waals surface area (Å²) in [5.41, 5.74) is 0. The van der Waals surface area contributed by atoms with Crippen LogP contribution in [0.3, 0.4) is 0 Å². The monoisotopic (exact) mass is 489 g/mol. The Morgan fingerprint density at radius 2 is 0.971 bits per heavy atom. The minimum Gasteiger partial charge on any atom is -0.332 e. The first-order chi connectivity index (χ1) is 17.2. The van der Waals surface area contributed by atoms with Crippen LogP contribution in [0.5, 0.6) is 0 Å². The molecule has 1 aromatic rings. The Hall–Kier alpha value is -0.790. The largest absolute Gasteiger partial charge is 0.332 e. The lowest BCUT2D eigenvalue weighted by Crippen LogP contribution is -2.13. The van der Waals surface area contributed by atoms with Gasteiger partial charge >= 0.3 is 0 Å². The van der Waals surface area contributed by atoms with E-state index in [-0.39, 0.29) is 0 Å². The zero-order chi connectivity index (χ0) is 25.4. The van der Waals surface area contributed by atoms with E-state index in [1.807, 2.05) is 0 Å². The van der Waals surface area contributed by atoms with Crippen molar-refractivity contribution >= 4 is 0 Å². The highest BCUT2D eigenvalue weighted by atomic mass is 15.1. The number of imidazole rings is 1. The number of unbranched alkanes of at least 4 members (excludes halogenated alkanes) is 18. The lowest BCUT2D eigenvalue weighted by Gasteiger charge is -2.22. The van der Waals surface area contributed by atoms with Crippen molar-refractivity contribution in [2.75, 3.05) is 0 Å². The van der Waals surface area contributed by atoms with Gasteiger partial charge in [0.1, 0.15) is 5.82 Å². The number of hydrogen-bond donors (Lipinski definition) is 0. The first kappa shape index (κ1) is 32.2. The van der Waals surface area contributed by atoms with Crippen molar-refractivity contribution < 1.29 is 0 Å². The minimum absolute atomic E-state index is 0.591. The fraction of sp³-hybridized carbons (Fsp3) is 0.909. The highest BCUT2D eigenvalue weighted by Crippen LogP contribution is 2.29. The fourth-order valence-corrected chi connectivity index (χ4v) is 5.71. The topological polar surface area (TPSA) is 17.8 Å². The fourth-order valence-electron chi connectivity index (χ4n) is 5.71. The summed E-state index contributed by atoms with van der Waals surface area (Å²) in [5, 5.41) is 0. The van der Waals surface area contributed by atoms with Gasteiger partial charge in [-0.3, -0.25) is 0 Å². The molecule has 0 fully saturated rings. The van der Waals surface area contributed by atoms with Crippen molar-refractivity contribution in [2.24, 2.45) is 0 Å². The summed E-state index contributed by atoms with van der Waals surface area (Å²) in [6.07, 6.45) is 37.9. The van der Waals surface area contributed by atoms with Crippen LogP contribution in [0.1, 0.15) is 200 Å². The normalized spacial score (nSPS) is 13.4. The number of aromatic nitrogens is 2. The van der Waals surface area contributed by atoms with Crippen molar-refractivity contribution in [3.05, 3.63) is 18.2 Å². The van der Waals surface area contributed by atoms with Gasteiger partial charge in [0.25, 0.3) is 0 Å². The van der Waals surface area contributed by atoms with E-state index in [1.165, 1.54) is 160 Å². The molecule has 0 aliphatic rings. The van der Waals surface area contributed by atoms with Gasteiger partial charge in [0.2, 0.25) is 0 Å². The van der Waals surface area contributed by atoms with Crippen molar-refractivity contribution in [3.63, 3.8) is 0 Å². The Kier molecular flexibility index (Phi) is 21.7. The second kappa shape index (κ2) is 23.6. The molecule has 0 aromatic carbocycles. The molecule has 1 heterocycles. The molecule has 0 bridgehead atoms. The van der Waals surface area contributed by atoms with E-state index in [0.717, 1.165) is 0 Å². The van der Waals surface area contributed by atoms with Crippen LogP contribution in [0, 0.1) is 0 Å². The number of nitrogens with zero attached hydrogens (tertiary/aromatic N) is 2. The summed E-state index contributed by atoms with van der Waals surface area (Å²) in [6.45, 7) is 9.36. The third kappa shape index (κ3) is 16.6. The SMILES string of the molecule is CCCCCCCCCCCCC(CCC)c1nccn1C(C)CCCCCCCCCCCC. The first-order valence-electron chi connectivity index (χ1n) is 16.3. The Labute approximate surface area is 221 Å². The highest BCUT2D eigenvalue weighted by Gasteiger charge is 2.18. The predicted molar refractivity (Wildman–Crippen MR) is 158 cm³/mol. The molecule has 0 radical (unpaired) electrons. The van der Waals surface area contributed by atoms with Gasteiger partial charge in [0.05, 0.1) is 0 Å². The zero-order valence-corrected chi connectivity index (χ0v) is 24.7. The molecule has 206 valence electrons. The molecule has 0 aliphatic heterocycles. The molecule has 1 rings (SSSR count). The maximum atomic E-state index is 4.88. The molecular weight excluding hydrogens is 424 g/mol. The standard InChI is InChI=1S/C33H64N2/c1-5-8-10-12-14-16-18-20-22-24-27-31(4)35-30-29-34-33(35)32(26-7-3)28-25-23-21-19-17-15-13-11-9-6-2/h29-32H,5-28H2,1-4H3. The lowest BCUT2D eigenvalue weighted by atomic mass is 9.94. The summed E-state index contributed by atoms with van der Waals surface area (Å²) in [5.74, 6) is 2.03. The third-order valence-electron chi connectivity index (χ3n) is 8.06. The van der Waals surface area contributed by atoms with E-state index in [4.69, 9.17) is 4.98 Å². The molecule has 1 aromatic heterocycles. The summed E-state index contributed by atoms with van der Waals surface area (Å²) in [7, 11) is 0. The first-order valence-corrected chi connectivity index (χ1v) is 16.3. The average molecular weight is 489 g/mol. The van der Waals surface area contributed by atoms with Crippen molar-refractivity contribution in [1.29, 1.82) is 0 Å². The lowest BCUT2D eigenvalue weighted by molar-refractivity contribution is 0.419. The van der Waals surface area contributed by atoms with Crippen LogP contribution in [-0.2, 0) is 0 Å². The van der Waals surface area contributed by atoms with Gasteiger partial charge < -0.3 is 4.57 Å². The van der Waals surface area contributed by atoms with Crippen molar-refractivity contribution in [2.45, 2.75) is 194 Å². The van der Waals surface area contributed by atoms with Gasteiger partial charge in [-0.25, -0.2) is 4.98 Å².